The highest BCUT2D eigenvalue weighted by Crippen LogP contribution is 2.13. The Morgan fingerprint density at radius 2 is 1.69 bits per heavy atom. The highest BCUT2D eigenvalue weighted by molar-refractivity contribution is 7.90. The summed E-state index contributed by atoms with van der Waals surface area (Å²) in [5.74, 6) is 0.732. The quantitative estimate of drug-likeness (QED) is 0.792. The van der Waals surface area contributed by atoms with Crippen molar-refractivity contribution in [3.05, 3.63) is 29.8 Å². The molecule has 0 aromatic heterocycles. The predicted octanol–water partition coefficient (Wildman–Crippen LogP) is 3.07. The van der Waals surface area contributed by atoms with Gasteiger partial charge in [-0.2, -0.15) is 0 Å². The van der Waals surface area contributed by atoms with Crippen LogP contribution in [0, 0.1) is 5.92 Å². The van der Waals surface area contributed by atoms with E-state index in [2.05, 4.69) is 13.8 Å². The maximum atomic E-state index is 11.2. The van der Waals surface area contributed by atoms with Crippen LogP contribution >= 0.6 is 0 Å². The van der Waals surface area contributed by atoms with Gasteiger partial charge in [0.1, 0.15) is 0 Å². The molecule has 16 heavy (non-hydrogen) atoms. The zero-order valence-corrected chi connectivity index (χ0v) is 11.0. The fraction of sp³-hybridized carbons (Fsp3) is 0.538. The summed E-state index contributed by atoms with van der Waals surface area (Å²) in [6, 6.07) is 7.22. The van der Waals surface area contributed by atoms with Crippen LogP contribution in [-0.4, -0.2) is 14.7 Å². The van der Waals surface area contributed by atoms with E-state index in [4.69, 9.17) is 0 Å². The Hall–Kier alpha value is -0.830. The Kier molecular flexibility index (Phi) is 4.54. The lowest BCUT2D eigenvalue weighted by atomic mass is 10.0. The van der Waals surface area contributed by atoms with Gasteiger partial charge in [0.2, 0.25) is 0 Å². The molecule has 0 amide bonds. The molecule has 0 radical (unpaired) electrons. The minimum absolute atomic E-state index is 0.403. The number of rotatable bonds is 5. The third-order valence-corrected chi connectivity index (χ3v) is 3.73. The van der Waals surface area contributed by atoms with Crippen molar-refractivity contribution in [1.29, 1.82) is 0 Å². The lowest BCUT2D eigenvalue weighted by Gasteiger charge is -2.05. The van der Waals surface area contributed by atoms with Gasteiger partial charge >= 0.3 is 0 Å². The third-order valence-electron chi connectivity index (χ3n) is 2.60. The zero-order valence-electron chi connectivity index (χ0n) is 10.2. The molecule has 0 atom stereocenters. The SMILES string of the molecule is CC(C)CCCc1ccc(S(C)(=O)=O)cc1. The van der Waals surface area contributed by atoms with Gasteiger partial charge < -0.3 is 0 Å². The van der Waals surface area contributed by atoms with Gasteiger partial charge in [0, 0.05) is 6.26 Å². The summed E-state index contributed by atoms with van der Waals surface area (Å²) in [6.45, 7) is 4.43. The standard InChI is InChI=1S/C13H20O2S/c1-11(2)5-4-6-12-7-9-13(10-8-12)16(3,14)15/h7-11H,4-6H2,1-3H3. The van der Waals surface area contributed by atoms with Crippen molar-refractivity contribution in [3.63, 3.8) is 0 Å². The second kappa shape index (κ2) is 5.48. The molecule has 90 valence electrons. The molecule has 3 heteroatoms. The van der Waals surface area contributed by atoms with Crippen molar-refractivity contribution in [1.82, 2.24) is 0 Å². The van der Waals surface area contributed by atoms with Crippen LogP contribution in [-0.2, 0) is 16.3 Å². The monoisotopic (exact) mass is 240 g/mol. The van der Waals surface area contributed by atoms with Crippen LogP contribution in [0.2, 0.25) is 0 Å². The van der Waals surface area contributed by atoms with Crippen LogP contribution in [0.4, 0.5) is 0 Å². The van der Waals surface area contributed by atoms with Crippen LogP contribution in [0.5, 0.6) is 0 Å². The Bertz CT molecular complexity index is 416. The summed E-state index contributed by atoms with van der Waals surface area (Å²) in [5, 5.41) is 0. The van der Waals surface area contributed by atoms with E-state index >= 15 is 0 Å². The first-order valence-corrected chi connectivity index (χ1v) is 7.57. The molecule has 0 unspecified atom stereocenters. The van der Waals surface area contributed by atoms with Crippen molar-refractivity contribution in [3.8, 4) is 0 Å². The highest BCUT2D eigenvalue weighted by Gasteiger charge is 2.05. The van der Waals surface area contributed by atoms with Crippen LogP contribution < -0.4 is 0 Å². The van der Waals surface area contributed by atoms with Crippen LogP contribution in [0.25, 0.3) is 0 Å². The lowest BCUT2D eigenvalue weighted by molar-refractivity contribution is 0.556. The summed E-state index contributed by atoms with van der Waals surface area (Å²) in [5.41, 5.74) is 1.22. The van der Waals surface area contributed by atoms with Gasteiger partial charge in [-0.05, 0) is 36.5 Å². The second-order valence-electron chi connectivity index (χ2n) is 4.70. The largest absolute Gasteiger partial charge is 0.224 e. The lowest BCUT2D eigenvalue weighted by Crippen LogP contribution is -1.97. The van der Waals surface area contributed by atoms with Crippen molar-refractivity contribution >= 4 is 9.84 Å². The number of hydrogen-bond acceptors (Lipinski definition) is 2. The van der Waals surface area contributed by atoms with E-state index in [0.29, 0.717) is 4.90 Å². The van der Waals surface area contributed by atoms with E-state index in [-0.39, 0.29) is 0 Å². The summed E-state index contributed by atoms with van der Waals surface area (Å²) >= 11 is 0. The van der Waals surface area contributed by atoms with Crippen molar-refractivity contribution in [2.75, 3.05) is 6.26 Å². The molecule has 0 aliphatic heterocycles. The first-order chi connectivity index (χ1) is 7.39. The molecule has 0 heterocycles. The molecule has 0 saturated carbocycles. The summed E-state index contributed by atoms with van der Waals surface area (Å²) in [4.78, 5) is 0.403. The second-order valence-corrected chi connectivity index (χ2v) is 6.72. The number of benzene rings is 1. The van der Waals surface area contributed by atoms with Gasteiger partial charge in [0.15, 0.2) is 9.84 Å². The van der Waals surface area contributed by atoms with Crippen LogP contribution in [0.3, 0.4) is 0 Å². The summed E-state index contributed by atoms with van der Waals surface area (Å²) in [7, 11) is -3.05. The number of hydrogen-bond donors (Lipinski definition) is 0. The molecule has 0 spiro atoms. The Morgan fingerprint density at radius 3 is 2.12 bits per heavy atom. The molecular formula is C13H20O2S. The molecule has 2 nitrogen and oxygen atoms in total. The normalized spacial score (nSPS) is 12.0. The summed E-state index contributed by atoms with van der Waals surface area (Å²) < 4.78 is 22.5. The third kappa shape index (κ3) is 4.35. The van der Waals surface area contributed by atoms with Gasteiger partial charge in [-0.15, -0.1) is 0 Å². The molecule has 1 rings (SSSR count). The maximum absolute atomic E-state index is 11.2. The van der Waals surface area contributed by atoms with Gasteiger partial charge in [0.25, 0.3) is 0 Å². The van der Waals surface area contributed by atoms with Crippen molar-refractivity contribution in [2.45, 2.75) is 38.0 Å². The molecule has 0 bridgehead atoms. The molecule has 1 aromatic carbocycles. The first kappa shape index (κ1) is 13.2. The van der Waals surface area contributed by atoms with E-state index in [9.17, 15) is 8.42 Å². The van der Waals surface area contributed by atoms with E-state index < -0.39 is 9.84 Å². The van der Waals surface area contributed by atoms with E-state index in [1.165, 1.54) is 18.2 Å². The smallest absolute Gasteiger partial charge is 0.175 e. The molecule has 0 aliphatic rings. The summed E-state index contributed by atoms with van der Waals surface area (Å²) in [6.07, 6.45) is 4.65. The molecule has 0 N–H and O–H groups in total. The van der Waals surface area contributed by atoms with Crippen LogP contribution in [0.15, 0.2) is 29.2 Å². The number of sulfone groups is 1. The number of aryl methyl sites for hydroxylation is 1. The van der Waals surface area contributed by atoms with Gasteiger partial charge in [0.05, 0.1) is 4.90 Å². The van der Waals surface area contributed by atoms with Crippen molar-refractivity contribution < 1.29 is 8.42 Å². The Balaban J connectivity index is 2.59. The Morgan fingerprint density at radius 1 is 1.12 bits per heavy atom. The predicted molar refractivity (Wildman–Crippen MR) is 67.3 cm³/mol. The van der Waals surface area contributed by atoms with E-state index in [0.717, 1.165) is 18.8 Å². The molecule has 0 fully saturated rings. The van der Waals surface area contributed by atoms with Gasteiger partial charge in [-0.1, -0.05) is 32.4 Å². The van der Waals surface area contributed by atoms with Gasteiger partial charge in [-0.25, -0.2) is 8.42 Å². The molecule has 0 saturated heterocycles. The first-order valence-electron chi connectivity index (χ1n) is 5.68. The molecule has 0 aliphatic carbocycles. The minimum Gasteiger partial charge on any atom is -0.224 e. The molecular weight excluding hydrogens is 220 g/mol. The van der Waals surface area contributed by atoms with Gasteiger partial charge in [-0.3, -0.25) is 0 Å². The average molecular weight is 240 g/mol. The molecule has 1 aromatic rings. The highest BCUT2D eigenvalue weighted by atomic mass is 32.2. The zero-order chi connectivity index (χ0) is 12.2. The fourth-order valence-corrected chi connectivity index (χ4v) is 2.25. The van der Waals surface area contributed by atoms with E-state index in [1.807, 2.05) is 12.1 Å². The fourth-order valence-electron chi connectivity index (χ4n) is 1.62. The minimum atomic E-state index is -3.05. The van der Waals surface area contributed by atoms with E-state index in [1.54, 1.807) is 12.1 Å². The Labute approximate surface area is 98.6 Å². The average Bonchev–Trinajstić information content (AvgIpc) is 2.16. The maximum Gasteiger partial charge on any atom is 0.175 e. The van der Waals surface area contributed by atoms with Crippen molar-refractivity contribution in [2.24, 2.45) is 5.92 Å². The van der Waals surface area contributed by atoms with Crippen LogP contribution in [0.1, 0.15) is 32.3 Å². The topological polar surface area (TPSA) is 34.1 Å².